The number of hydrogen-bond acceptors (Lipinski definition) is 5. The van der Waals surface area contributed by atoms with E-state index in [-0.39, 0.29) is 11.3 Å². The lowest BCUT2D eigenvalue weighted by Gasteiger charge is -2.29. The van der Waals surface area contributed by atoms with Gasteiger partial charge in [-0.05, 0) is 38.5 Å². The van der Waals surface area contributed by atoms with E-state index in [9.17, 15) is 9.59 Å². The number of nitrogens with zero attached hydrogens (tertiary/aromatic N) is 3. The average molecular weight is 315 g/mol. The van der Waals surface area contributed by atoms with Gasteiger partial charge in [0.1, 0.15) is 0 Å². The van der Waals surface area contributed by atoms with Gasteiger partial charge in [0.2, 0.25) is 5.95 Å². The third kappa shape index (κ3) is 2.74. The fraction of sp³-hybridized carbons (Fsp3) is 0.471. The van der Waals surface area contributed by atoms with Gasteiger partial charge >= 0.3 is 0 Å². The molecule has 122 valence electrons. The number of benzene rings is 1. The molecule has 0 unspecified atom stereocenters. The van der Waals surface area contributed by atoms with Gasteiger partial charge in [0.15, 0.2) is 5.78 Å². The Hall–Kier alpha value is -2.21. The maximum absolute atomic E-state index is 12.9. The van der Waals surface area contributed by atoms with E-state index >= 15 is 0 Å². The predicted octanol–water partition coefficient (Wildman–Crippen LogP) is 1.76. The van der Waals surface area contributed by atoms with Crippen LogP contribution in [0.15, 0.2) is 16.9 Å². The number of ether oxygens (including phenoxy) is 1. The summed E-state index contributed by atoms with van der Waals surface area (Å²) in [5.41, 5.74) is 1.81. The summed E-state index contributed by atoms with van der Waals surface area (Å²) in [6.07, 6.45) is 0. The maximum Gasteiger partial charge on any atom is 0.262 e. The largest absolute Gasteiger partial charge is 0.378 e. The minimum absolute atomic E-state index is 0.0761. The molecule has 2 heterocycles. The average Bonchev–Trinajstić information content (AvgIpc) is 2.55. The van der Waals surface area contributed by atoms with Crippen molar-refractivity contribution >= 4 is 22.6 Å². The summed E-state index contributed by atoms with van der Waals surface area (Å²) < 4.78 is 7.06. The molecule has 0 atom stereocenters. The van der Waals surface area contributed by atoms with Gasteiger partial charge in [0.25, 0.3) is 5.56 Å². The number of aryl methyl sites for hydroxylation is 1. The summed E-state index contributed by atoms with van der Waals surface area (Å²) in [5, 5.41) is 0.508. The quantitative estimate of drug-likeness (QED) is 0.808. The second-order valence-corrected chi connectivity index (χ2v) is 5.83. The number of fused-ring (bicyclic) bond motifs is 1. The fourth-order valence-electron chi connectivity index (χ4n) is 3.02. The van der Waals surface area contributed by atoms with E-state index in [0.29, 0.717) is 55.3 Å². The van der Waals surface area contributed by atoms with Gasteiger partial charge in [-0.1, -0.05) is 0 Å². The topological polar surface area (TPSA) is 64.4 Å². The molecule has 3 rings (SSSR count). The molecule has 6 nitrogen and oxygen atoms in total. The highest BCUT2D eigenvalue weighted by Crippen LogP contribution is 2.21. The van der Waals surface area contributed by atoms with Crippen LogP contribution in [0.4, 0.5) is 5.95 Å². The number of anilines is 1. The van der Waals surface area contributed by atoms with E-state index in [2.05, 4.69) is 4.90 Å². The standard InChI is InChI=1S/C17H21N3O3/c1-4-20-16(22)14-10-11(2)9-13(12(3)21)15(14)18-17(20)19-5-7-23-8-6-19/h9-10H,4-8H2,1-3H3. The molecule has 0 aliphatic carbocycles. The van der Waals surface area contributed by atoms with Gasteiger partial charge in [-0.25, -0.2) is 4.98 Å². The van der Waals surface area contributed by atoms with Crippen LogP contribution in [0.3, 0.4) is 0 Å². The molecule has 1 aliphatic rings. The molecule has 0 N–H and O–H groups in total. The highest BCUT2D eigenvalue weighted by molar-refractivity contribution is 6.05. The zero-order valence-electron chi connectivity index (χ0n) is 13.8. The van der Waals surface area contributed by atoms with Crippen molar-refractivity contribution < 1.29 is 9.53 Å². The van der Waals surface area contributed by atoms with Crippen molar-refractivity contribution in [2.45, 2.75) is 27.3 Å². The summed E-state index contributed by atoms with van der Waals surface area (Å²) in [6.45, 7) is 8.49. The number of ketones is 1. The highest BCUT2D eigenvalue weighted by atomic mass is 16.5. The molecule has 1 aromatic heterocycles. The van der Waals surface area contributed by atoms with Crippen LogP contribution < -0.4 is 10.5 Å². The molecule has 1 aliphatic heterocycles. The van der Waals surface area contributed by atoms with Crippen LogP contribution in [-0.4, -0.2) is 41.6 Å². The number of hydrogen-bond donors (Lipinski definition) is 0. The van der Waals surface area contributed by atoms with Crippen LogP contribution in [-0.2, 0) is 11.3 Å². The fourth-order valence-corrected chi connectivity index (χ4v) is 3.02. The van der Waals surface area contributed by atoms with Crippen molar-refractivity contribution in [1.82, 2.24) is 9.55 Å². The summed E-state index contributed by atoms with van der Waals surface area (Å²) >= 11 is 0. The first-order valence-corrected chi connectivity index (χ1v) is 7.91. The Labute approximate surface area is 134 Å². The first kappa shape index (κ1) is 15.7. The lowest BCUT2D eigenvalue weighted by atomic mass is 10.0. The molecule has 2 aromatic rings. The number of morpholine rings is 1. The Morgan fingerprint density at radius 2 is 2.00 bits per heavy atom. The lowest BCUT2D eigenvalue weighted by molar-refractivity contribution is 0.101. The van der Waals surface area contributed by atoms with Crippen LogP contribution in [0.25, 0.3) is 10.9 Å². The van der Waals surface area contributed by atoms with E-state index in [4.69, 9.17) is 9.72 Å². The monoisotopic (exact) mass is 315 g/mol. The van der Waals surface area contributed by atoms with Crippen LogP contribution in [0.1, 0.15) is 29.8 Å². The number of Topliss-reactive ketones (excluding diaryl/α,β-unsaturated/α-hetero) is 1. The first-order valence-electron chi connectivity index (χ1n) is 7.91. The molecule has 0 spiro atoms. The van der Waals surface area contributed by atoms with Crippen molar-refractivity contribution in [1.29, 1.82) is 0 Å². The predicted molar refractivity (Wildman–Crippen MR) is 89.5 cm³/mol. The van der Waals surface area contributed by atoms with Crippen molar-refractivity contribution in [2.75, 3.05) is 31.2 Å². The minimum Gasteiger partial charge on any atom is -0.378 e. The van der Waals surface area contributed by atoms with Gasteiger partial charge < -0.3 is 9.64 Å². The third-order valence-electron chi connectivity index (χ3n) is 4.17. The van der Waals surface area contributed by atoms with Gasteiger partial charge in [0.05, 0.1) is 24.1 Å². The van der Waals surface area contributed by atoms with Crippen LogP contribution in [0, 0.1) is 6.92 Å². The van der Waals surface area contributed by atoms with Gasteiger partial charge in [-0.2, -0.15) is 0 Å². The lowest BCUT2D eigenvalue weighted by Crippen LogP contribution is -2.40. The zero-order valence-corrected chi connectivity index (χ0v) is 13.8. The second-order valence-electron chi connectivity index (χ2n) is 5.83. The molecule has 0 bridgehead atoms. The van der Waals surface area contributed by atoms with Crippen molar-refractivity contribution in [3.05, 3.63) is 33.6 Å². The maximum atomic E-state index is 12.9. The van der Waals surface area contributed by atoms with E-state index < -0.39 is 0 Å². The summed E-state index contributed by atoms with van der Waals surface area (Å²) in [5.74, 6) is 0.549. The Balaban J connectivity index is 2.32. The smallest absolute Gasteiger partial charge is 0.262 e. The zero-order chi connectivity index (χ0) is 16.6. The van der Waals surface area contributed by atoms with E-state index in [0.717, 1.165) is 5.56 Å². The molecule has 23 heavy (non-hydrogen) atoms. The van der Waals surface area contributed by atoms with E-state index in [1.807, 2.05) is 19.9 Å². The number of carbonyl (C=O) groups is 1. The normalized spacial score (nSPS) is 15.2. The van der Waals surface area contributed by atoms with Crippen LogP contribution in [0.2, 0.25) is 0 Å². The Morgan fingerprint density at radius 3 is 2.61 bits per heavy atom. The third-order valence-corrected chi connectivity index (χ3v) is 4.17. The number of carbonyl (C=O) groups excluding carboxylic acids is 1. The summed E-state index contributed by atoms with van der Waals surface area (Å²) in [4.78, 5) is 31.6. The van der Waals surface area contributed by atoms with Gasteiger partial charge in [0, 0.05) is 25.2 Å². The molecule has 6 heteroatoms. The van der Waals surface area contributed by atoms with Crippen LogP contribution >= 0.6 is 0 Å². The van der Waals surface area contributed by atoms with Crippen molar-refractivity contribution in [3.8, 4) is 0 Å². The molecule has 1 saturated heterocycles. The molecule has 0 radical (unpaired) electrons. The first-order chi connectivity index (χ1) is 11.0. The van der Waals surface area contributed by atoms with E-state index in [1.54, 1.807) is 10.6 Å². The molecular formula is C17H21N3O3. The molecule has 1 fully saturated rings. The number of aromatic nitrogens is 2. The van der Waals surface area contributed by atoms with Gasteiger partial charge in [-0.15, -0.1) is 0 Å². The molecule has 0 amide bonds. The number of rotatable bonds is 3. The Bertz CT molecular complexity index is 820. The Morgan fingerprint density at radius 1 is 1.30 bits per heavy atom. The molecule has 0 saturated carbocycles. The second kappa shape index (κ2) is 6.12. The minimum atomic E-state index is -0.0924. The highest BCUT2D eigenvalue weighted by Gasteiger charge is 2.20. The molecule has 1 aromatic carbocycles. The van der Waals surface area contributed by atoms with Crippen molar-refractivity contribution in [3.63, 3.8) is 0 Å². The van der Waals surface area contributed by atoms with Crippen molar-refractivity contribution in [2.24, 2.45) is 0 Å². The van der Waals surface area contributed by atoms with E-state index in [1.165, 1.54) is 6.92 Å². The summed E-state index contributed by atoms with van der Waals surface area (Å²) in [7, 11) is 0. The summed E-state index contributed by atoms with van der Waals surface area (Å²) in [6, 6.07) is 3.61. The SMILES string of the molecule is CCn1c(N2CCOCC2)nc2c(C(C)=O)cc(C)cc2c1=O. The van der Waals surface area contributed by atoms with Crippen LogP contribution in [0.5, 0.6) is 0 Å². The van der Waals surface area contributed by atoms with Gasteiger partial charge in [-0.3, -0.25) is 14.2 Å². The Kier molecular flexibility index (Phi) is 4.17. The molecular weight excluding hydrogens is 294 g/mol.